The van der Waals surface area contributed by atoms with Gasteiger partial charge in [-0.25, -0.2) is 5.43 Å². The van der Waals surface area contributed by atoms with Crippen LogP contribution in [0.2, 0.25) is 0 Å². The van der Waals surface area contributed by atoms with Crippen LogP contribution in [0.1, 0.15) is 15.9 Å². The number of carbonyl (C=O) groups is 1. The molecule has 22 heavy (non-hydrogen) atoms. The second-order valence-corrected chi connectivity index (χ2v) is 4.28. The molecule has 0 saturated heterocycles. The number of hydrazone groups is 1. The number of rotatable bonds is 5. The van der Waals surface area contributed by atoms with Gasteiger partial charge in [-0.1, -0.05) is 0 Å². The van der Waals surface area contributed by atoms with Gasteiger partial charge in [0, 0.05) is 17.7 Å². The fraction of sp³-hybridized carbons (Fsp3) is 0.0667. The highest BCUT2D eigenvalue weighted by molar-refractivity contribution is 5.95. The molecule has 0 aliphatic carbocycles. The summed E-state index contributed by atoms with van der Waals surface area (Å²) in [5, 5.41) is 14.4. The van der Waals surface area contributed by atoms with Gasteiger partial charge >= 0.3 is 0 Å². The first-order chi connectivity index (χ1) is 10.6. The largest absolute Gasteiger partial charge is 0.497 e. The summed E-state index contributed by atoms with van der Waals surface area (Å²) >= 11 is 0. The topological polar surface area (TPSA) is 93.8 Å². The van der Waals surface area contributed by atoms with Crippen molar-refractivity contribution in [3.8, 4) is 5.75 Å². The summed E-state index contributed by atoms with van der Waals surface area (Å²) in [6.45, 7) is 0. The molecule has 2 aromatic carbocycles. The molecule has 112 valence electrons. The Balaban J connectivity index is 1.96. The summed E-state index contributed by atoms with van der Waals surface area (Å²) < 4.78 is 5.03. The number of methoxy groups -OCH3 is 1. The van der Waals surface area contributed by atoms with E-state index < -0.39 is 10.8 Å². The van der Waals surface area contributed by atoms with Crippen LogP contribution in [0.3, 0.4) is 0 Å². The van der Waals surface area contributed by atoms with Gasteiger partial charge in [-0.15, -0.1) is 0 Å². The average Bonchev–Trinajstić information content (AvgIpc) is 2.55. The van der Waals surface area contributed by atoms with Crippen LogP contribution in [-0.2, 0) is 0 Å². The van der Waals surface area contributed by atoms with Gasteiger partial charge in [0.05, 0.1) is 18.2 Å². The van der Waals surface area contributed by atoms with Crippen molar-refractivity contribution in [3.63, 3.8) is 0 Å². The van der Waals surface area contributed by atoms with Crippen LogP contribution in [0.4, 0.5) is 5.69 Å². The standard InChI is InChI=1S/C15H13N3O4/c1-22-14-8-2-11(3-9-14)10-16-17-15(19)12-4-6-13(7-5-12)18(20)21/h2-10H,1H3,(H,17,19)/b16-10+. The Morgan fingerprint density at radius 2 is 1.82 bits per heavy atom. The quantitative estimate of drug-likeness (QED) is 0.521. The number of nitrogens with zero attached hydrogens (tertiary/aromatic N) is 2. The first-order valence-corrected chi connectivity index (χ1v) is 6.32. The lowest BCUT2D eigenvalue weighted by molar-refractivity contribution is -0.384. The molecule has 0 atom stereocenters. The van der Waals surface area contributed by atoms with Gasteiger partial charge in [0.15, 0.2) is 0 Å². The van der Waals surface area contributed by atoms with E-state index in [9.17, 15) is 14.9 Å². The first kappa shape index (κ1) is 15.2. The molecule has 0 unspecified atom stereocenters. The third-order valence-electron chi connectivity index (χ3n) is 2.84. The zero-order valence-electron chi connectivity index (χ0n) is 11.7. The molecule has 0 aromatic heterocycles. The van der Waals surface area contributed by atoms with E-state index in [1.807, 2.05) is 0 Å². The van der Waals surface area contributed by atoms with E-state index in [2.05, 4.69) is 10.5 Å². The number of hydrogen-bond donors (Lipinski definition) is 1. The maximum absolute atomic E-state index is 11.8. The summed E-state index contributed by atoms with van der Waals surface area (Å²) in [5.41, 5.74) is 3.37. The molecule has 0 heterocycles. The molecule has 0 saturated carbocycles. The highest BCUT2D eigenvalue weighted by atomic mass is 16.6. The Kier molecular flexibility index (Phi) is 4.81. The third-order valence-corrected chi connectivity index (χ3v) is 2.84. The molecule has 7 nitrogen and oxygen atoms in total. The lowest BCUT2D eigenvalue weighted by Gasteiger charge is -2.00. The molecular weight excluding hydrogens is 286 g/mol. The minimum Gasteiger partial charge on any atom is -0.497 e. The van der Waals surface area contributed by atoms with Gasteiger partial charge in [-0.3, -0.25) is 14.9 Å². The summed E-state index contributed by atoms with van der Waals surface area (Å²) in [4.78, 5) is 21.8. The Morgan fingerprint density at radius 1 is 1.18 bits per heavy atom. The maximum atomic E-state index is 11.8. The maximum Gasteiger partial charge on any atom is 0.271 e. The number of amides is 1. The fourth-order valence-electron chi connectivity index (χ4n) is 1.65. The van der Waals surface area contributed by atoms with Crippen molar-refractivity contribution in [3.05, 3.63) is 69.8 Å². The number of non-ortho nitro benzene ring substituents is 1. The Hall–Kier alpha value is -3.22. The van der Waals surface area contributed by atoms with Crippen molar-refractivity contribution >= 4 is 17.8 Å². The lowest BCUT2D eigenvalue weighted by Crippen LogP contribution is -2.17. The van der Waals surface area contributed by atoms with Crippen LogP contribution in [0.5, 0.6) is 5.75 Å². The van der Waals surface area contributed by atoms with Crippen molar-refractivity contribution < 1.29 is 14.5 Å². The molecule has 2 aromatic rings. The second-order valence-electron chi connectivity index (χ2n) is 4.28. The summed E-state index contributed by atoms with van der Waals surface area (Å²) in [5.74, 6) is 0.284. The molecule has 0 aliphatic rings. The SMILES string of the molecule is COc1ccc(/C=N/NC(=O)c2ccc([N+](=O)[O-])cc2)cc1. The lowest BCUT2D eigenvalue weighted by atomic mass is 10.2. The summed E-state index contributed by atoms with van der Waals surface area (Å²) in [6, 6.07) is 12.4. The van der Waals surface area contributed by atoms with Crippen LogP contribution >= 0.6 is 0 Å². The van der Waals surface area contributed by atoms with Crippen LogP contribution < -0.4 is 10.2 Å². The normalized spacial score (nSPS) is 10.4. The fourth-order valence-corrected chi connectivity index (χ4v) is 1.65. The summed E-state index contributed by atoms with van der Waals surface area (Å²) in [6.07, 6.45) is 1.49. The molecule has 0 radical (unpaired) electrons. The van der Waals surface area contributed by atoms with Crippen molar-refractivity contribution in [1.82, 2.24) is 5.43 Å². The summed E-state index contributed by atoms with van der Waals surface area (Å²) in [7, 11) is 1.58. The van der Waals surface area contributed by atoms with Gasteiger partial charge in [-0.05, 0) is 42.0 Å². The van der Waals surface area contributed by atoms with Crippen LogP contribution in [0, 0.1) is 10.1 Å². The van der Waals surface area contributed by atoms with Crippen molar-refractivity contribution in [2.24, 2.45) is 5.10 Å². The number of nitro benzene ring substituents is 1. The van der Waals surface area contributed by atoms with Crippen LogP contribution in [0.25, 0.3) is 0 Å². The molecule has 1 N–H and O–H groups in total. The van der Waals surface area contributed by atoms with E-state index in [0.717, 1.165) is 11.3 Å². The van der Waals surface area contributed by atoms with Crippen LogP contribution in [-0.4, -0.2) is 24.2 Å². The van der Waals surface area contributed by atoms with Gasteiger partial charge in [0.1, 0.15) is 5.75 Å². The number of carbonyl (C=O) groups excluding carboxylic acids is 1. The third kappa shape index (κ3) is 3.89. The zero-order chi connectivity index (χ0) is 15.9. The van der Waals surface area contributed by atoms with Gasteiger partial charge in [0.2, 0.25) is 0 Å². The second kappa shape index (κ2) is 6.98. The smallest absolute Gasteiger partial charge is 0.271 e. The van der Waals surface area contributed by atoms with Crippen molar-refractivity contribution in [1.29, 1.82) is 0 Å². The molecule has 0 aliphatic heterocycles. The van der Waals surface area contributed by atoms with Gasteiger partial charge < -0.3 is 4.74 Å². The predicted molar refractivity (Wildman–Crippen MR) is 81.2 cm³/mol. The Labute approximate surface area is 126 Å². The minimum atomic E-state index is -0.524. The molecule has 0 fully saturated rings. The number of nitrogens with one attached hydrogen (secondary N) is 1. The van der Waals surface area contributed by atoms with E-state index in [0.29, 0.717) is 0 Å². The predicted octanol–water partition coefficient (Wildman–Crippen LogP) is 2.37. The van der Waals surface area contributed by atoms with Gasteiger partial charge in [-0.2, -0.15) is 5.10 Å². The van der Waals surface area contributed by atoms with Gasteiger partial charge in [0.25, 0.3) is 11.6 Å². The molecular formula is C15H13N3O4. The highest BCUT2D eigenvalue weighted by Gasteiger charge is 2.08. The average molecular weight is 299 g/mol. The van der Waals surface area contributed by atoms with Crippen molar-refractivity contribution in [2.45, 2.75) is 0 Å². The zero-order valence-corrected chi connectivity index (χ0v) is 11.7. The van der Waals surface area contributed by atoms with E-state index in [4.69, 9.17) is 4.74 Å². The van der Waals surface area contributed by atoms with E-state index in [-0.39, 0.29) is 11.3 Å². The Bertz CT molecular complexity index is 694. The molecule has 1 amide bonds. The molecule has 2 rings (SSSR count). The Morgan fingerprint density at radius 3 is 2.36 bits per heavy atom. The highest BCUT2D eigenvalue weighted by Crippen LogP contribution is 2.12. The van der Waals surface area contributed by atoms with E-state index in [1.165, 1.54) is 30.5 Å². The molecule has 0 spiro atoms. The van der Waals surface area contributed by atoms with E-state index in [1.54, 1.807) is 31.4 Å². The van der Waals surface area contributed by atoms with E-state index >= 15 is 0 Å². The molecule has 0 bridgehead atoms. The first-order valence-electron chi connectivity index (χ1n) is 6.32. The minimum absolute atomic E-state index is 0.0710. The number of benzene rings is 2. The number of hydrogen-bond acceptors (Lipinski definition) is 5. The van der Waals surface area contributed by atoms with Crippen LogP contribution in [0.15, 0.2) is 53.6 Å². The molecule has 7 heteroatoms. The number of nitro groups is 1. The van der Waals surface area contributed by atoms with Crippen molar-refractivity contribution in [2.75, 3.05) is 7.11 Å². The number of ether oxygens (including phenoxy) is 1. The monoisotopic (exact) mass is 299 g/mol.